The minimum Gasteiger partial charge on any atom is -0.399 e. The molecule has 0 aliphatic carbocycles. The van der Waals surface area contributed by atoms with Gasteiger partial charge in [0, 0.05) is 105 Å². The number of benzene rings is 4. The SMILES string of the molecule is Cc1ccc(N)cc1C(=O)N[C@H](C)c1ccc(C#CC2CCN(CC3(F)CCN(C(=O)C4CCN(c5ccc6c(N7CCC(=O)NC7=O)nn(C)c6c5)CC4)CC3)CC2)c2ccccc12. The molecule has 1 atom stereocenters. The quantitative estimate of drug-likeness (QED) is 0.113. The first kappa shape index (κ1) is 43.8. The van der Waals surface area contributed by atoms with Gasteiger partial charge in [-0.3, -0.25) is 29.3 Å². The lowest BCUT2D eigenvalue weighted by Crippen LogP contribution is -2.52. The van der Waals surface area contributed by atoms with E-state index >= 15 is 4.39 Å². The van der Waals surface area contributed by atoms with Crippen molar-refractivity contribution >= 4 is 62.6 Å². The van der Waals surface area contributed by atoms with E-state index in [1.807, 2.05) is 62.2 Å². The molecule has 4 fully saturated rings. The molecule has 5 aromatic rings. The van der Waals surface area contributed by atoms with Gasteiger partial charge in [-0.25, -0.2) is 9.18 Å². The normalized spacial score (nSPS) is 19.2. The topological polar surface area (TPSA) is 149 Å². The van der Waals surface area contributed by atoms with Crippen molar-refractivity contribution in [3.8, 4) is 11.8 Å². The zero-order valence-corrected chi connectivity index (χ0v) is 37.5. The number of anilines is 3. The first-order valence-corrected chi connectivity index (χ1v) is 23.1. The first-order valence-electron chi connectivity index (χ1n) is 23.1. The van der Waals surface area contributed by atoms with E-state index < -0.39 is 11.7 Å². The molecule has 65 heavy (non-hydrogen) atoms. The Bertz CT molecular complexity index is 2720. The third-order valence-corrected chi connectivity index (χ3v) is 14.1. The van der Waals surface area contributed by atoms with Gasteiger partial charge in [-0.15, -0.1) is 0 Å². The second-order valence-electron chi connectivity index (χ2n) is 18.5. The Morgan fingerprint density at radius 1 is 0.908 bits per heavy atom. The number of hydrogen-bond acceptors (Lipinski definition) is 8. The zero-order chi connectivity index (χ0) is 45.4. The van der Waals surface area contributed by atoms with Gasteiger partial charge in [0.1, 0.15) is 5.67 Å². The monoisotopic (exact) mass is 879 g/mol. The maximum absolute atomic E-state index is 16.4. The number of nitrogens with one attached hydrogen (secondary N) is 2. The number of hydrogen-bond donors (Lipinski definition) is 3. The summed E-state index contributed by atoms with van der Waals surface area (Å²) in [5, 5.41) is 13.1. The average molecular weight is 880 g/mol. The molecule has 4 saturated heterocycles. The zero-order valence-electron chi connectivity index (χ0n) is 37.5. The predicted molar refractivity (Wildman–Crippen MR) is 252 cm³/mol. The maximum atomic E-state index is 16.4. The van der Waals surface area contributed by atoms with E-state index in [4.69, 9.17) is 5.73 Å². The number of nitrogens with two attached hydrogens (primary N) is 1. The average Bonchev–Trinajstić information content (AvgIpc) is 3.64. The van der Waals surface area contributed by atoms with Crippen LogP contribution in [-0.4, -0.2) is 101 Å². The number of aromatic nitrogens is 2. The molecule has 0 saturated carbocycles. The van der Waals surface area contributed by atoms with Crippen molar-refractivity contribution in [2.45, 2.75) is 70.5 Å². The molecule has 4 aromatic carbocycles. The molecule has 4 aliphatic rings. The number of likely N-dealkylation sites (tertiary alicyclic amines) is 2. The molecule has 13 nitrogen and oxygen atoms in total. The molecule has 0 unspecified atom stereocenters. The van der Waals surface area contributed by atoms with Crippen molar-refractivity contribution < 1.29 is 23.6 Å². The van der Waals surface area contributed by atoms with Crippen molar-refractivity contribution in [2.75, 3.05) is 67.9 Å². The molecular weight excluding hydrogens is 822 g/mol. The number of alkyl halides is 1. The Balaban J connectivity index is 0.737. The number of rotatable bonds is 8. The third kappa shape index (κ3) is 9.25. The standard InChI is InChI=1S/C51H58FN9O4/c1-33-8-12-38(53)30-44(33)48(63)54-34(2)40-14-11-36(41-6-4-5-7-42(40)41)10-9-35-16-23-58(24-17-35)32-51(52)21-28-60(29-22-51)49(64)37-18-25-59(26-19-37)39-13-15-43-45(31-39)57(3)56-47(43)61-27-20-46(62)55-50(61)65/h4-8,11-15,30-31,34-35,37H,16-29,32,53H2,1-3H3,(H,54,63)(H,55,62,65)/t34-/m1/s1. The number of halogens is 1. The number of carbonyl (C=O) groups is 4. The summed E-state index contributed by atoms with van der Waals surface area (Å²) in [5.41, 5.74) is 10.5. The van der Waals surface area contributed by atoms with Crippen LogP contribution in [0.2, 0.25) is 0 Å². The van der Waals surface area contributed by atoms with Crippen molar-refractivity contribution in [1.82, 2.24) is 30.2 Å². The van der Waals surface area contributed by atoms with Crippen molar-refractivity contribution in [2.24, 2.45) is 18.9 Å². The Morgan fingerprint density at radius 3 is 2.38 bits per heavy atom. The molecule has 5 heterocycles. The maximum Gasteiger partial charge on any atom is 0.329 e. The molecule has 0 bridgehead atoms. The first-order chi connectivity index (χ1) is 31.3. The summed E-state index contributed by atoms with van der Waals surface area (Å²) in [4.78, 5) is 59.0. The molecule has 4 aliphatic heterocycles. The van der Waals surface area contributed by atoms with Crippen molar-refractivity contribution in [3.05, 3.63) is 95.1 Å². The fourth-order valence-corrected chi connectivity index (χ4v) is 10.2. The largest absolute Gasteiger partial charge is 0.399 e. The lowest BCUT2D eigenvalue weighted by molar-refractivity contribution is -0.139. The molecule has 14 heteroatoms. The van der Waals surface area contributed by atoms with E-state index in [0.29, 0.717) is 49.5 Å². The van der Waals surface area contributed by atoms with E-state index in [1.54, 1.807) is 16.8 Å². The van der Waals surface area contributed by atoms with Crippen molar-refractivity contribution in [3.63, 3.8) is 0 Å². The molecule has 4 N–H and O–H groups in total. The third-order valence-electron chi connectivity index (χ3n) is 14.1. The molecular formula is C51H58FN9O4. The highest BCUT2D eigenvalue weighted by Crippen LogP contribution is 2.35. The van der Waals surface area contributed by atoms with Gasteiger partial charge < -0.3 is 25.8 Å². The number of nitrogens with zero attached hydrogens (tertiary/aromatic N) is 6. The number of nitrogen functional groups attached to an aromatic ring is 1. The molecule has 9 rings (SSSR count). The number of piperidine rings is 3. The van der Waals surface area contributed by atoms with Crippen LogP contribution < -0.4 is 26.2 Å². The van der Waals surface area contributed by atoms with Crippen molar-refractivity contribution in [1.29, 1.82) is 0 Å². The number of fused-ring (bicyclic) bond motifs is 2. The molecule has 0 radical (unpaired) electrons. The van der Waals surface area contributed by atoms with Gasteiger partial charge in [0.2, 0.25) is 11.8 Å². The van der Waals surface area contributed by atoms with Crippen LogP contribution in [0, 0.1) is 30.6 Å². The van der Waals surface area contributed by atoms with Gasteiger partial charge in [0.15, 0.2) is 5.82 Å². The van der Waals surface area contributed by atoms with Crippen LogP contribution in [0.4, 0.5) is 26.4 Å². The second-order valence-corrected chi connectivity index (χ2v) is 18.5. The minimum atomic E-state index is -1.32. The molecule has 5 amide bonds. The molecule has 338 valence electrons. The van der Waals surface area contributed by atoms with Crippen LogP contribution >= 0.6 is 0 Å². The number of aryl methyl sites for hydroxylation is 2. The highest BCUT2D eigenvalue weighted by atomic mass is 19.1. The summed E-state index contributed by atoms with van der Waals surface area (Å²) in [5.74, 6) is 7.39. The Labute approximate surface area is 379 Å². The Morgan fingerprint density at radius 2 is 1.65 bits per heavy atom. The van der Waals surface area contributed by atoms with Gasteiger partial charge >= 0.3 is 6.03 Å². The van der Waals surface area contributed by atoms with E-state index in [-0.39, 0.29) is 48.6 Å². The van der Waals surface area contributed by atoms with Gasteiger partial charge in [-0.05, 0) is 111 Å². The highest BCUT2D eigenvalue weighted by molar-refractivity contribution is 6.09. The van der Waals surface area contributed by atoms with E-state index in [9.17, 15) is 19.2 Å². The lowest BCUT2D eigenvalue weighted by atomic mass is 9.88. The smallest absolute Gasteiger partial charge is 0.329 e. The molecule has 1 aromatic heterocycles. The number of carbonyl (C=O) groups excluding carboxylic acids is 4. The van der Waals surface area contributed by atoms with Gasteiger partial charge in [-0.2, -0.15) is 5.10 Å². The molecule has 0 spiro atoms. The second kappa shape index (κ2) is 18.2. The van der Waals surface area contributed by atoms with Crippen LogP contribution in [0.25, 0.3) is 21.7 Å². The fourth-order valence-electron chi connectivity index (χ4n) is 10.2. The van der Waals surface area contributed by atoms with Crippen LogP contribution in [0.15, 0.2) is 72.8 Å². The fraction of sp³-hybridized carbons (Fsp3) is 0.431. The van der Waals surface area contributed by atoms with Gasteiger partial charge in [0.05, 0.1) is 11.6 Å². The predicted octanol–water partition coefficient (Wildman–Crippen LogP) is 6.87. The summed E-state index contributed by atoms with van der Waals surface area (Å²) >= 11 is 0. The highest BCUT2D eigenvalue weighted by Gasteiger charge is 2.40. The summed E-state index contributed by atoms with van der Waals surface area (Å²) in [6.45, 7) is 8.52. The number of amides is 5. The van der Waals surface area contributed by atoms with E-state index in [2.05, 4.69) is 61.6 Å². The Kier molecular flexibility index (Phi) is 12.3. The minimum absolute atomic E-state index is 0.0805. The van der Waals surface area contributed by atoms with Crippen LogP contribution in [0.5, 0.6) is 0 Å². The van der Waals surface area contributed by atoms with Crippen LogP contribution in [-0.2, 0) is 16.6 Å². The van der Waals surface area contributed by atoms with Crippen LogP contribution in [0.3, 0.4) is 0 Å². The Hall–Kier alpha value is -6.46. The summed E-state index contributed by atoms with van der Waals surface area (Å²) in [6.07, 6.45) is 4.16. The summed E-state index contributed by atoms with van der Waals surface area (Å²) < 4.78 is 18.1. The van der Waals surface area contributed by atoms with Crippen LogP contribution in [0.1, 0.15) is 85.0 Å². The lowest BCUT2D eigenvalue weighted by Gasteiger charge is -2.42. The van der Waals surface area contributed by atoms with Gasteiger partial charge in [0.25, 0.3) is 5.91 Å². The van der Waals surface area contributed by atoms with E-state index in [0.717, 1.165) is 95.9 Å². The van der Waals surface area contributed by atoms with E-state index in [1.165, 1.54) is 4.90 Å². The summed E-state index contributed by atoms with van der Waals surface area (Å²) in [6, 6.07) is 23.0. The number of urea groups is 1. The van der Waals surface area contributed by atoms with Gasteiger partial charge in [-0.1, -0.05) is 48.2 Å². The summed E-state index contributed by atoms with van der Waals surface area (Å²) in [7, 11) is 1.85. The number of imide groups is 1.